The fraction of sp³-hybridized carbons (Fsp3) is 0.857. The van der Waals surface area contributed by atoms with Crippen molar-refractivity contribution in [1.82, 2.24) is 0 Å². The summed E-state index contributed by atoms with van der Waals surface area (Å²) in [5.41, 5.74) is -0.592. The molecule has 0 aromatic heterocycles. The molecule has 96 valence electrons. The minimum atomic E-state index is -0.834. The van der Waals surface area contributed by atoms with Gasteiger partial charge in [-0.15, -0.1) is 0 Å². The molecule has 0 aromatic rings. The molecule has 3 nitrogen and oxygen atoms in total. The fourth-order valence-corrected chi connectivity index (χ4v) is 3.40. The normalized spacial score (nSPS) is 32.3. The van der Waals surface area contributed by atoms with Crippen LogP contribution in [-0.2, 0) is 4.79 Å². The van der Waals surface area contributed by atoms with E-state index in [1.54, 1.807) is 0 Å². The van der Waals surface area contributed by atoms with Crippen LogP contribution >= 0.6 is 0 Å². The smallest absolute Gasteiger partial charge is 0.304 e. The van der Waals surface area contributed by atoms with Crippen LogP contribution in [0.1, 0.15) is 58.8 Å². The Labute approximate surface area is 104 Å². The maximum atomic E-state index is 10.9. The van der Waals surface area contributed by atoms with Crippen LogP contribution in [0.25, 0.3) is 0 Å². The Morgan fingerprint density at radius 3 is 2.06 bits per heavy atom. The van der Waals surface area contributed by atoms with Gasteiger partial charge in [0.05, 0.1) is 17.9 Å². The number of nitrogens with zero attached hydrogens (tertiary/aromatic N) is 1. The van der Waals surface area contributed by atoms with Gasteiger partial charge in [0.2, 0.25) is 0 Å². The molecular weight excluding hydrogens is 214 g/mol. The standard InChI is InChI=1S/C14H23NO2/c1-3-5-11-7-14(10-15,9-13(16)17)8-12(11)6-4-2/h11-12H,3-9H2,1-2H3,(H,16,17). The lowest BCUT2D eigenvalue weighted by molar-refractivity contribution is -0.138. The van der Waals surface area contributed by atoms with Gasteiger partial charge in [-0.25, -0.2) is 0 Å². The molecule has 0 aromatic carbocycles. The van der Waals surface area contributed by atoms with E-state index in [0.29, 0.717) is 11.8 Å². The Kier molecular flexibility index (Phi) is 4.99. The van der Waals surface area contributed by atoms with Crippen LogP contribution in [0.3, 0.4) is 0 Å². The van der Waals surface area contributed by atoms with Gasteiger partial charge in [0.15, 0.2) is 0 Å². The maximum absolute atomic E-state index is 10.9. The molecule has 0 bridgehead atoms. The summed E-state index contributed by atoms with van der Waals surface area (Å²) in [5, 5.41) is 18.3. The highest BCUT2D eigenvalue weighted by atomic mass is 16.4. The second-order valence-electron chi connectivity index (χ2n) is 5.47. The van der Waals surface area contributed by atoms with Crippen molar-refractivity contribution in [3.05, 3.63) is 0 Å². The van der Waals surface area contributed by atoms with Gasteiger partial charge < -0.3 is 5.11 Å². The largest absolute Gasteiger partial charge is 0.481 e. The number of hydrogen-bond acceptors (Lipinski definition) is 2. The molecule has 1 aliphatic rings. The van der Waals surface area contributed by atoms with Crippen molar-refractivity contribution in [3.63, 3.8) is 0 Å². The summed E-state index contributed by atoms with van der Waals surface area (Å²) in [6.07, 6.45) is 6.10. The first kappa shape index (κ1) is 14.0. The molecule has 1 rings (SSSR count). The molecule has 0 aliphatic heterocycles. The minimum absolute atomic E-state index is 0.0178. The monoisotopic (exact) mass is 237 g/mol. The summed E-state index contributed by atoms with van der Waals surface area (Å²) in [4.78, 5) is 10.9. The van der Waals surface area contributed by atoms with Gasteiger partial charge in [-0.05, 0) is 24.7 Å². The first-order chi connectivity index (χ1) is 8.06. The van der Waals surface area contributed by atoms with Crippen molar-refractivity contribution < 1.29 is 9.90 Å². The van der Waals surface area contributed by atoms with Gasteiger partial charge in [0.1, 0.15) is 0 Å². The van der Waals surface area contributed by atoms with E-state index in [1.807, 2.05) is 0 Å². The molecule has 1 fully saturated rings. The second-order valence-corrected chi connectivity index (χ2v) is 5.47. The second kappa shape index (κ2) is 6.05. The van der Waals surface area contributed by atoms with Gasteiger partial charge in [0.25, 0.3) is 0 Å². The number of nitriles is 1. The number of carboxylic acids is 1. The average molecular weight is 237 g/mol. The third-order valence-electron chi connectivity index (χ3n) is 4.02. The van der Waals surface area contributed by atoms with E-state index in [0.717, 1.165) is 38.5 Å². The quantitative estimate of drug-likeness (QED) is 0.767. The summed E-state index contributed by atoms with van der Waals surface area (Å²) >= 11 is 0. The van der Waals surface area contributed by atoms with Gasteiger partial charge in [-0.3, -0.25) is 4.79 Å². The zero-order chi connectivity index (χ0) is 12.9. The van der Waals surface area contributed by atoms with Crippen molar-refractivity contribution in [1.29, 1.82) is 5.26 Å². The Bertz CT molecular complexity index is 292. The number of hydrogen-bond donors (Lipinski definition) is 1. The summed E-state index contributed by atoms with van der Waals surface area (Å²) < 4.78 is 0. The van der Waals surface area contributed by atoms with E-state index in [9.17, 15) is 10.1 Å². The van der Waals surface area contributed by atoms with Gasteiger partial charge in [0, 0.05) is 0 Å². The van der Waals surface area contributed by atoms with Crippen LogP contribution in [0.4, 0.5) is 0 Å². The zero-order valence-electron chi connectivity index (χ0n) is 10.9. The van der Waals surface area contributed by atoms with Gasteiger partial charge in [-0.1, -0.05) is 39.5 Å². The predicted octanol–water partition coefficient (Wildman–Crippen LogP) is 3.60. The van der Waals surface area contributed by atoms with E-state index >= 15 is 0 Å². The van der Waals surface area contributed by atoms with Crippen LogP contribution in [0, 0.1) is 28.6 Å². The Balaban J connectivity index is 2.77. The lowest BCUT2D eigenvalue weighted by Gasteiger charge is -2.17. The Morgan fingerprint density at radius 2 is 1.76 bits per heavy atom. The van der Waals surface area contributed by atoms with E-state index in [2.05, 4.69) is 19.9 Å². The van der Waals surface area contributed by atoms with Crippen molar-refractivity contribution in [3.8, 4) is 6.07 Å². The third kappa shape index (κ3) is 3.46. The van der Waals surface area contributed by atoms with Crippen LogP contribution < -0.4 is 0 Å². The molecule has 0 amide bonds. The molecule has 1 saturated carbocycles. The molecule has 1 aliphatic carbocycles. The molecule has 3 heteroatoms. The molecule has 0 heterocycles. The lowest BCUT2D eigenvalue weighted by atomic mass is 9.83. The summed E-state index contributed by atoms with van der Waals surface area (Å²) in [5.74, 6) is 0.275. The molecule has 0 spiro atoms. The van der Waals surface area contributed by atoms with Crippen LogP contribution in [0.15, 0.2) is 0 Å². The molecule has 0 saturated heterocycles. The predicted molar refractivity (Wildman–Crippen MR) is 66.3 cm³/mol. The van der Waals surface area contributed by atoms with Crippen LogP contribution in [0.5, 0.6) is 0 Å². The zero-order valence-corrected chi connectivity index (χ0v) is 10.9. The summed E-state index contributed by atoms with van der Waals surface area (Å²) in [7, 11) is 0. The van der Waals surface area contributed by atoms with E-state index in [-0.39, 0.29) is 6.42 Å². The first-order valence-electron chi connectivity index (χ1n) is 6.70. The van der Waals surface area contributed by atoms with E-state index in [4.69, 9.17) is 5.11 Å². The number of aliphatic carboxylic acids is 1. The summed E-state index contributed by atoms with van der Waals surface area (Å²) in [6, 6.07) is 2.30. The van der Waals surface area contributed by atoms with E-state index in [1.165, 1.54) is 0 Å². The van der Waals surface area contributed by atoms with E-state index < -0.39 is 11.4 Å². The fourth-order valence-electron chi connectivity index (χ4n) is 3.40. The lowest BCUT2D eigenvalue weighted by Crippen LogP contribution is -2.19. The first-order valence-corrected chi connectivity index (χ1v) is 6.70. The van der Waals surface area contributed by atoms with Crippen molar-refractivity contribution in [2.75, 3.05) is 0 Å². The van der Waals surface area contributed by atoms with Crippen molar-refractivity contribution in [2.45, 2.75) is 58.8 Å². The van der Waals surface area contributed by atoms with Crippen molar-refractivity contribution >= 4 is 5.97 Å². The molecular formula is C14H23NO2. The van der Waals surface area contributed by atoms with Crippen LogP contribution in [0.2, 0.25) is 0 Å². The highest BCUT2D eigenvalue weighted by Gasteiger charge is 2.45. The highest BCUT2D eigenvalue weighted by Crippen LogP contribution is 2.50. The molecule has 17 heavy (non-hydrogen) atoms. The molecule has 2 atom stereocenters. The highest BCUT2D eigenvalue weighted by molar-refractivity contribution is 5.68. The third-order valence-corrected chi connectivity index (χ3v) is 4.02. The SMILES string of the molecule is CCCC1CC(C#N)(CC(=O)O)CC1CCC. The molecule has 1 N–H and O–H groups in total. The van der Waals surface area contributed by atoms with Crippen LogP contribution in [-0.4, -0.2) is 11.1 Å². The molecule has 0 radical (unpaired) electrons. The Morgan fingerprint density at radius 1 is 1.29 bits per heavy atom. The molecule has 2 unspecified atom stereocenters. The van der Waals surface area contributed by atoms with Gasteiger partial charge >= 0.3 is 5.97 Å². The van der Waals surface area contributed by atoms with Gasteiger partial charge in [-0.2, -0.15) is 5.26 Å². The Hall–Kier alpha value is -1.04. The van der Waals surface area contributed by atoms with Crippen molar-refractivity contribution in [2.24, 2.45) is 17.3 Å². The number of carboxylic acid groups (broad SMARTS) is 1. The number of rotatable bonds is 6. The number of carbonyl (C=O) groups is 1. The average Bonchev–Trinajstić information content (AvgIpc) is 2.58. The minimum Gasteiger partial charge on any atom is -0.481 e. The topological polar surface area (TPSA) is 61.1 Å². The maximum Gasteiger partial charge on any atom is 0.304 e. The summed E-state index contributed by atoms with van der Waals surface area (Å²) in [6.45, 7) is 4.32.